The van der Waals surface area contributed by atoms with Gasteiger partial charge < -0.3 is 10.5 Å². The Kier molecular flexibility index (Phi) is 6.22. The highest BCUT2D eigenvalue weighted by Crippen LogP contribution is 2.20. The molecular weight excluding hydrogens is 188 g/mol. The third-order valence-corrected chi connectivity index (χ3v) is 3.31. The van der Waals surface area contributed by atoms with Gasteiger partial charge in [0.25, 0.3) is 0 Å². The molecule has 0 aromatic rings. The summed E-state index contributed by atoms with van der Waals surface area (Å²) in [5.74, 6) is 0.701. The predicted octanol–water partition coefficient (Wildman–Crippen LogP) is 1.47. The van der Waals surface area contributed by atoms with Gasteiger partial charge in [0.1, 0.15) is 0 Å². The van der Waals surface area contributed by atoms with E-state index < -0.39 is 0 Å². The maximum atomic E-state index is 5.73. The minimum absolute atomic E-state index is 0.701. The molecule has 0 amide bonds. The van der Waals surface area contributed by atoms with Crippen LogP contribution in [0.15, 0.2) is 0 Å². The van der Waals surface area contributed by atoms with Crippen LogP contribution in [0.1, 0.15) is 33.1 Å². The van der Waals surface area contributed by atoms with Crippen LogP contribution in [0, 0.1) is 5.92 Å². The summed E-state index contributed by atoms with van der Waals surface area (Å²) >= 11 is 0. The van der Waals surface area contributed by atoms with Crippen molar-refractivity contribution in [3.05, 3.63) is 0 Å². The van der Waals surface area contributed by atoms with Crippen LogP contribution in [0.25, 0.3) is 0 Å². The Morgan fingerprint density at radius 2 is 2.13 bits per heavy atom. The Hall–Kier alpha value is -0.120. The topological polar surface area (TPSA) is 38.5 Å². The lowest BCUT2D eigenvalue weighted by atomic mass is 9.94. The smallest absolute Gasteiger partial charge is 0.0593 e. The van der Waals surface area contributed by atoms with Crippen molar-refractivity contribution in [1.82, 2.24) is 4.90 Å². The average molecular weight is 214 g/mol. The highest BCUT2D eigenvalue weighted by atomic mass is 16.5. The molecule has 0 aliphatic carbocycles. The minimum atomic E-state index is 0.701. The lowest BCUT2D eigenvalue weighted by Gasteiger charge is -2.37. The van der Waals surface area contributed by atoms with Crippen LogP contribution in [-0.2, 0) is 4.74 Å². The van der Waals surface area contributed by atoms with Gasteiger partial charge in [-0.15, -0.1) is 0 Å². The SMILES string of the molecule is CCCOCCN1CC(CN)CCC1C. The van der Waals surface area contributed by atoms with Crippen molar-refractivity contribution in [3.8, 4) is 0 Å². The molecule has 0 bridgehead atoms. The van der Waals surface area contributed by atoms with Crippen LogP contribution >= 0.6 is 0 Å². The number of hydrogen-bond acceptors (Lipinski definition) is 3. The molecule has 0 saturated carbocycles. The van der Waals surface area contributed by atoms with Crippen LogP contribution < -0.4 is 5.73 Å². The number of ether oxygens (including phenoxy) is 1. The fourth-order valence-electron chi connectivity index (χ4n) is 2.19. The third kappa shape index (κ3) is 4.49. The van der Waals surface area contributed by atoms with Crippen LogP contribution in [-0.4, -0.2) is 43.8 Å². The summed E-state index contributed by atoms with van der Waals surface area (Å²) in [6.45, 7) is 9.28. The lowest BCUT2D eigenvalue weighted by molar-refractivity contribution is 0.0617. The molecule has 1 aliphatic rings. The van der Waals surface area contributed by atoms with Crippen LogP contribution in [0.4, 0.5) is 0 Å². The van der Waals surface area contributed by atoms with E-state index in [9.17, 15) is 0 Å². The molecule has 15 heavy (non-hydrogen) atoms. The van der Waals surface area contributed by atoms with Crippen molar-refractivity contribution in [3.63, 3.8) is 0 Å². The minimum Gasteiger partial charge on any atom is -0.380 e. The molecular formula is C12H26N2O. The number of nitrogens with zero attached hydrogens (tertiary/aromatic N) is 1. The van der Waals surface area contributed by atoms with Gasteiger partial charge >= 0.3 is 0 Å². The third-order valence-electron chi connectivity index (χ3n) is 3.31. The van der Waals surface area contributed by atoms with Gasteiger partial charge in [0, 0.05) is 25.7 Å². The number of nitrogens with two attached hydrogens (primary N) is 1. The number of hydrogen-bond donors (Lipinski definition) is 1. The predicted molar refractivity (Wildman–Crippen MR) is 63.9 cm³/mol. The van der Waals surface area contributed by atoms with E-state index in [0.717, 1.165) is 39.3 Å². The van der Waals surface area contributed by atoms with E-state index in [1.807, 2.05) is 0 Å². The first-order valence-corrected chi connectivity index (χ1v) is 6.29. The number of piperidine rings is 1. The van der Waals surface area contributed by atoms with Gasteiger partial charge in [-0.2, -0.15) is 0 Å². The summed E-state index contributed by atoms with van der Waals surface area (Å²) in [5.41, 5.74) is 5.73. The van der Waals surface area contributed by atoms with E-state index in [0.29, 0.717) is 12.0 Å². The number of rotatable bonds is 6. The molecule has 90 valence electrons. The maximum absolute atomic E-state index is 5.73. The van der Waals surface area contributed by atoms with E-state index in [1.54, 1.807) is 0 Å². The van der Waals surface area contributed by atoms with Gasteiger partial charge in [-0.3, -0.25) is 4.90 Å². The highest BCUT2D eigenvalue weighted by molar-refractivity contribution is 4.79. The van der Waals surface area contributed by atoms with Gasteiger partial charge in [0.15, 0.2) is 0 Å². The maximum Gasteiger partial charge on any atom is 0.0593 e. The van der Waals surface area contributed by atoms with Gasteiger partial charge in [0.2, 0.25) is 0 Å². The zero-order chi connectivity index (χ0) is 11.1. The van der Waals surface area contributed by atoms with Crippen molar-refractivity contribution >= 4 is 0 Å². The fourth-order valence-corrected chi connectivity index (χ4v) is 2.19. The summed E-state index contributed by atoms with van der Waals surface area (Å²) in [6, 6.07) is 0.707. The second-order valence-electron chi connectivity index (χ2n) is 4.64. The van der Waals surface area contributed by atoms with Crippen molar-refractivity contribution < 1.29 is 4.74 Å². The summed E-state index contributed by atoms with van der Waals surface area (Å²) in [4.78, 5) is 2.52. The van der Waals surface area contributed by atoms with Crippen LogP contribution in [0.3, 0.4) is 0 Å². The van der Waals surface area contributed by atoms with Gasteiger partial charge in [-0.05, 0) is 38.6 Å². The molecule has 1 rings (SSSR count). The molecule has 2 atom stereocenters. The van der Waals surface area contributed by atoms with Gasteiger partial charge in [0.05, 0.1) is 6.61 Å². The van der Waals surface area contributed by atoms with Crippen molar-refractivity contribution in [1.29, 1.82) is 0 Å². The molecule has 0 radical (unpaired) electrons. The Morgan fingerprint density at radius 1 is 1.33 bits per heavy atom. The molecule has 0 aromatic heterocycles. The Morgan fingerprint density at radius 3 is 2.80 bits per heavy atom. The molecule has 0 aromatic carbocycles. The summed E-state index contributed by atoms with van der Waals surface area (Å²) in [5, 5.41) is 0. The number of likely N-dealkylation sites (tertiary alicyclic amines) is 1. The Labute approximate surface area is 94.0 Å². The molecule has 1 fully saturated rings. The first-order chi connectivity index (χ1) is 7.27. The van der Waals surface area contributed by atoms with E-state index >= 15 is 0 Å². The second kappa shape index (κ2) is 7.20. The Balaban J connectivity index is 2.19. The molecule has 3 heteroatoms. The standard InChI is InChI=1S/C12H26N2O/c1-3-7-15-8-6-14-10-12(9-13)5-4-11(14)2/h11-12H,3-10,13H2,1-2H3. The molecule has 1 saturated heterocycles. The molecule has 3 nitrogen and oxygen atoms in total. The normalized spacial score (nSPS) is 28.2. The summed E-state index contributed by atoms with van der Waals surface area (Å²) in [6.07, 6.45) is 3.70. The molecule has 2 unspecified atom stereocenters. The zero-order valence-electron chi connectivity index (χ0n) is 10.2. The molecule has 1 heterocycles. The first kappa shape index (κ1) is 12.9. The van der Waals surface area contributed by atoms with E-state index in [1.165, 1.54) is 12.8 Å². The van der Waals surface area contributed by atoms with Gasteiger partial charge in [-0.1, -0.05) is 6.92 Å². The van der Waals surface area contributed by atoms with Crippen molar-refractivity contribution in [2.45, 2.75) is 39.2 Å². The average Bonchev–Trinajstić information content (AvgIpc) is 2.26. The highest BCUT2D eigenvalue weighted by Gasteiger charge is 2.23. The quantitative estimate of drug-likeness (QED) is 0.681. The molecule has 1 aliphatic heterocycles. The van der Waals surface area contributed by atoms with E-state index in [2.05, 4.69) is 18.7 Å². The second-order valence-corrected chi connectivity index (χ2v) is 4.64. The summed E-state index contributed by atoms with van der Waals surface area (Å²) < 4.78 is 5.53. The Bertz CT molecular complexity index is 164. The lowest BCUT2D eigenvalue weighted by Crippen LogP contribution is -2.45. The van der Waals surface area contributed by atoms with Crippen LogP contribution in [0.2, 0.25) is 0 Å². The largest absolute Gasteiger partial charge is 0.380 e. The van der Waals surface area contributed by atoms with Gasteiger partial charge in [-0.25, -0.2) is 0 Å². The van der Waals surface area contributed by atoms with Crippen molar-refractivity contribution in [2.24, 2.45) is 11.7 Å². The first-order valence-electron chi connectivity index (χ1n) is 6.29. The molecule has 2 N–H and O–H groups in total. The zero-order valence-corrected chi connectivity index (χ0v) is 10.2. The van der Waals surface area contributed by atoms with E-state index in [4.69, 9.17) is 10.5 Å². The van der Waals surface area contributed by atoms with Crippen molar-refractivity contribution in [2.75, 3.05) is 32.8 Å². The molecule has 0 spiro atoms. The fraction of sp³-hybridized carbons (Fsp3) is 1.00. The van der Waals surface area contributed by atoms with Crippen LogP contribution in [0.5, 0.6) is 0 Å². The monoisotopic (exact) mass is 214 g/mol. The van der Waals surface area contributed by atoms with E-state index in [-0.39, 0.29) is 0 Å². The summed E-state index contributed by atoms with van der Waals surface area (Å²) in [7, 11) is 0.